The Morgan fingerprint density at radius 3 is 2.20 bits per heavy atom. The molecule has 1 fully saturated rings. The van der Waals surface area contributed by atoms with Gasteiger partial charge in [-0.15, -0.1) is 0 Å². The van der Waals surface area contributed by atoms with Gasteiger partial charge in [-0.05, 0) is 38.4 Å². The van der Waals surface area contributed by atoms with Gasteiger partial charge in [-0.25, -0.2) is 9.59 Å². The molecule has 0 radical (unpaired) electrons. The lowest BCUT2D eigenvalue weighted by molar-refractivity contribution is -0.142. The first-order chi connectivity index (χ1) is 9.12. The molecule has 6 nitrogen and oxygen atoms in total. The summed E-state index contributed by atoms with van der Waals surface area (Å²) in [6, 6.07) is -1.01. The Morgan fingerprint density at radius 1 is 1.30 bits per heavy atom. The van der Waals surface area contributed by atoms with E-state index in [1.165, 1.54) is 0 Å². The van der Waals surface area contributed by atoms with Gasteiger partial charge in [0.05, 0.1) is 0 Å². The van der Waals surface area contributed by atoms with Crippen molar-refractivity contribution in [3.63, 3.8) is 0 Å². The van der Waals surface area contributed by atoms with Gasteiger partial charge in [-0.1, -0.05) is 20.8 Å². The summed E-state index contributed by atoms with van der Waals surface area (Å²) in [5.74, 6) is -0.998. The molecule has 20 heavy (non-hydrogen) atoms. The molecule has 0 aromatic heterocycles. The SMILES string of the molecule is CN1CCC(N(C)C(=O)NC(C(=O)O)C(C)(C)C)CC1. The molecule has 1 aliphatic heterocycles. The van der Waals surface area contributed by atoms with E-state index in [1.54, 1.807) is 11.9 Å². The lowest BCUT2D eigenvalue weighted by Crippen LogP contribution is -2.55. The molecule has 0 saturated carbocycles. The van der Waals surface area contributed by atoms with Crippen molar-refractivity contribution in [1.29, 1.82) is 0 Å². The monoisotopic (exact) mass is 285 g/mol. The van der Waals surface area contributed by atoms with Crippen LogP contribution in [0, 0.1) is 5.41 Å². The molecule has 116 valence electrons. The van der Waals surface area contributed by atoms with E-state index in [0.29, 0.717) is 0 Å². The molecule has 1 aliphatic rings. The maximum absolute atomic E-state index is 12.2. The topological polar surface area (TPSA) is 72.9 Å². The highest BCUT2D eigenvalue weighted by molar-refractivity contribution is 5.83. The van der Waals surface area contributed by atoms with Crippen molar-refractivity contribution in [1.82, 2.24) is 15.1 Å². The van der Waals surface area contributed by atoms with Crippen molar-refractivity contribution in [3.8, 4) is 0 Å². The lowest BCUT2D eigenvalue weighted by Gasteiger charge is -2.36. The van der Waals surface area contributed by atoms with Gasteiger partial charge in [0.15, 0.2) is 0 Å². The summed E-state index contributed by atoms with van der Waals surface area (Å²) in [6.45, 7) is 7.35. The zero-order valence-corrected chi connectivity index (χ0v) is 13.1. The van der Waals surface area contributed by atoms with Crippen molar-refractivity contribution in [3.05, 3.63) is 0 Å². The van der Waals surface area contributed by atoms with E-state index in [4.69, 9.17) is 0 Å². The summed E-state index contributed by atoms with van der Waals surface area (Å²) in [5, 5.41) is 11.9. The number of nitrogens with one attached hydrogen (secondary N) is 1. The van der Waals surface area contributed by atoms with Crippen molar-refractivity contribution in [2.24, 2.45) is 5.41 Å². The highest BCUT2D eigenvalue weighted by atomic mass is 16.4. The number of carbonyl (C=O) groups is 2. The number of piperidine rings is 1. The lowest BCUT2D eigenvalue weighted by atomic mass is 9.87. The van der Waals surface area contributed by atoms with Gasteiger partial charge in [0, 0.05) is 13.1 Å². The third-order valence-corrected chi connectivity index (χ3v) is 3.94. The van der Waals surface area contributed by atoms with E-state index in [1.807, 2.05) is 20.8 Å². The Balaban J connectivity index is 2.62. The van der Waals surface area contributed by atoms with Crippen LogP contribution in [0.2, 0.25) is 0 Å². The Bertz CT molecular complexity index is 357. The normalized spacial score (nSPS) is 19.4. The number of amides is 2. The van der Waals surface area contributed by atoms with Gasteiger partial charge in [0.25, 0.3) is 0 Å². The number of carboxylic acids is 1. The maximum Gasteiger partial charge on any atom is 0.326 e. The van der Waals surface area contributed by atoms with Crippen LogP contribution in [-0.2, 0) is 4.79 Å². The van der Waals surface area contributed by atoms with Crippen molar-refractivity contribution in [2.45, 2.75) is 45.7 Å². The second kappa shape index (κ2) is 6.43. The minimum absolute atomic E-state index is 0.181. The highest BCUT2D eigenvalue weighted by Crippen LogP contribution is 2.20. The Labute approximate surface area is 121 Å². The number of aliphatic carboxylic acids is 1. The summed E-state index contributed by atoms with van der Waals surface area (Å²) in [5.41, 5.74) is -0.519. The highest BCUT2D eigenvalue weighted by Gasteiger charge is 2.34. The summed E-state index contributed by atoms with van der Waals surface area (Å²) in [4.78, 5) is 27.4. The Morgan fingerprint density at radius 2 is 1.80 bits per heavy atom. The third kappa shape index (κ3) is 4.37. The van der Waals surface area contributed by atoms with Gasteiger partial charge in [-0.2, -0.15) is 0 Å². The average molecular weight is 285 g/mol. The predicted molar refractivity (Wildman–Crippen MR) is 77.7 cm³/mol. The summed E-state index contributed by atoms with van der Waals surface area (Å²) in [7, 11) is 3.81. The largest absolute Gasteiger partial charge is 0.480 e. The molecule has 0 bridgehead atoms. The molecule has 6 heteroatoms. The first-order valence-electron chi connectivity index (χ1n) is 7.07. The van der Waals surface area contributed by atoms with E-state index in [9.17, 15) is 14.7 Å². The molecule has 1 heterocycles. The molecule has 2 amide bonds. The van der Waals surface area contributed by atoms with Gasteiger partial charge in [-0.3, -0.25) is 0 Å². The van der Waals surface area contributed by atoms with E-state index >= 15 is 0 Å². The van der Waals surface area contributed by atoms with Crippen LogP contribution in [-0.4, -0.2) is 66.2 Å². The van der Waals surface area contributed by atoms with E-state index in [-0.39, 0.29) is 12.1 Å². The summed E-state index contributed by atoms with van der Waals surface area (Å²) in [6.07, 6.45) is 1.85. The number of hydrogen-bond donors (Lipinski definition) is 2. The molecule has 1 saturated heterocycles. The number of rotatable bonds is 3. The predicted octanol–water partition coefficient (Wildman–Crippen LogP) is 1.22. The number of carbonyl (C=O) groups excluding carboxylic acids is 1. The van der Waals surface area contributed by atoms with Gasteiger partial charge < -0.3 is 20.2 Å². The number of carboxylic acid groups (broad SMARTS) is 1. The molecular weight excluding hydrogens is 258 g/mol. The molecule has 2 N–H and O–H groups in total. The number of urea groups is 1. The second-order valence-electron chi connectivity index (χ2n) is 6.73. The van der Waals surface area contributed by atoms with Crippen LogP contribution in [0.15, 0.2) is 0 Å². The smallest absolute Gasteiger partial charge is 0.326 e. The average Bonchev–Trinajstić information content (AvgIpc) is 2.33. The number of hydrogen-bond acceptors (Lipinski definition) is 3. The minimum atomic E-state index is -0.998. The maximum atomic E-state index is 12.2. The van der Waals surface area contributed by atoms with E-state index in [0.717, 1.165) is 25.9 Å². The molecule has 1 atom stereocenters. The van der Waals surface area contributed by atoms with Crippen LogP contribution in [0.3, 0.4) is 0 Å². The zero-order valence-electron chi connectivity index (χ0n) is 13.1. The zero-order chi connectivity index (χ0) is 15.5. The van der Waals surface area contributed by atoms with E-state index in [2.05, 4.69) is 17.3 Å². The molecule has 0 aromatic rings. The molecule has 0 spiro atoms. The quantitative estimate of drug-likeness (QED) is 0.818. The van der Waals surface area contributed by atoms with Gasteiger partial charge in [0.1, 0.15) is 6.04 Å². The second-order valence-corrected chi connectivity index (χ2v) is 6.73. The van der Waals surface area contributed by atoms with Crippen molar-refractivity contribution in [2.75, 3.05) is 27.2 Å². The Kier molecular flexibility index (Phi) is 5.39. The van der Waals surface area contributed by atoms with Crippen LogP contribution < -0.4 is 5.32 Å². The molecule has 1 rings (SSSR count). The van der Waals surface area contributed by atoms with Crippen LogP contribution in [0.5, 0.6) is 0 Å². The fourth-order valence-corrected chi connectivity index (χ4v) is 2.42. The van der Waals surface area contributed by atoms with E-state index < -0.39 is 17.4 Å². The third-order valence-electron chi connectivity index (χ3n) is 3.94. The molecule has 0 aliphatic carbocycles. The standard InChI is InChI=1S/C14H27N3O3/c1-14(2,3)11(12(18)19)15-13(20)17(5)10-6-8-16(4)9-7-10/h10-11H,6-9H2,1-5H3,(H,15,20)(H,18,19). The summed E-state index contributed by atoms with van der Waals surface area (Å²) < 4.78 is 0. The summed E-state index contributed by atoms with van der Waals surface area (Å²) >= 11 is 0. The van der Waals surface area contributed by atoms with Crippen LogP contribution in [0.1, 0.15) is 33.6 Å². The van der Waals surface area contributed by atoms with Crippen molar-refractivity contribution >= 4 is 12.0 Å². The van der Waals surface area contributed by atoms with Crippen molar-refractivity contribution < 1.29 is 14.7 Å². The molecule has 0 aromatic carbocycles. The Hall–Kier alpha value is -1.30. The first kappa shape index (κ1) is 16.8. The van der Waals surface area contributed by atoms with Crippen LogP contribution >= 0.6 is 0 Å². The van der Waals surface area contributed by atoms with Gasteiger partial charge >= 0.3 is 12.0 Å². The molecular formula is C14H27N3O3. The van der Waals surface area contributed by atoms with Gasteiger partial charge in [0.2, 0.25) is 0 Å². The fourth-order valence-electron chi connectivity index (χ4n) is 2.42. The number of likely N-dealkylation sites (tertiary alicyclic amines) is 1. The fraction of sp³-hybridized carbons (Fsp3) is 0.857. The number of nitrogens with zero attached hydrogens (tertiary/aromatic N) is 2. The minimum Gasteiger partial charge on any atom is -0.480 e. The first-order valence-corrected chi connectivity index (χ1v) is 7.07. The van der Waals surface area contributed by atoms with Crippen LogP contribution in [0.25, 0.3) is 0 Å². The molecule has 1 unspecified atom stereocenters. The van der Waals surface area contributed by atoms with Crippen LogP contribution in [0.4, 0.5) is 4.79 Å².